The van der Waals surface area contributed by atoms with Gasteiger partial charge < -0.3 is 19.5 Å². The lowest BCUT2D eigenvalue weighted by Crippen LogP contribution is -2.15. The molecule has 10 heteroatoms. The molecule has 0 saturated carbocycles. The molecule has 0 saturated heterocycles. The Kier molecular flexibility index (Phi) is 8.09. The maximum absolute atomic E-state index is 13.0. The van der Waals surface area contributed by atoms with Crippen molar-refractivity contribution in [2.24, 2.45) is 0 Å². The molecule has 0 aliphatic carbocycles. The number of methoxy groups -OCH3 is 2. The zero-order valence-corrected chi connectivity index (χ0v) is 18.5. The first-order chi connectivity index (χ1) is 15.5. The molecule has 8 nitrogen and oxygen atoms in total. The maximum Gasteiger partial charge on any atom is 0.234 e. The predicted octanol–water partition coefficient (Wildman–Crippen LogP) is 3.93. The van der Waals surface area contributed by atoms with E-state index in [0.717, 1.165) is 0 Å². The summed E-state index contributed by atoms with van der Waals surface area (Å²) >= 11 is 1.24. The Bertz CT molecular complexity index is 1050. The molecule has 32 heavy (non-hydrogen) atoms. The van der Waals surface area contributed by atoms with Crippen LogP contribution in [0.15, 0.2) is 60.3 Å². The first-order valence-electron chi connectivity index (χ1n) is 9.59. The number of ether oxygens (including phenoxy) is 3. The fourth-order valence-corrected chi connectivity index (χ4v) is 3.50. The number of amides is 1. The van der Waals surface area contributed by atoms with E-state index in [4.69, 9.17) is 14.2 Å². The highest BCUT2D eigenvalue weighted by Gasteiger charge is 2.15. The third-order valence-electron chi connectivity index (χ3n) is 4.25. The van der Waals surface area contributed by atoms with E-state index in [9.17, 15) is 9.18 Å². The largest absolute Gasteiger partial charge is 0.497 e. The van der Waals surface area contributed by atoms with Crippen LogP contribution in [0.3, 0.4) is 0 Å². The summed E-state index contributed by atoms with van der Waals surface area (Å²) in [4.78, 5) is 12.5. The number of nitrogens with zero attached hydrogens (tertiary/aromatic N) is 3. The quantitative estimate of drug-likeness (QED) is 0.344. The molecule has 3 aromatic rings. The molecular weight excluding hydrogens is 435 g/mol. The second-order valence-electron chi connectivity index (χ2n) is 6.48. The lowest BCUT2D eigenvalue weighted by atomic mass is 10.2. The maximum atomic E-state index is 13.0. The molecule has 1 amide bonds. The average Bonchev–Trinajstić information content (AvgIpc) is 3.18. The van der Waals surface area contributed by atoms with Crippen LogP contribution in [0.1, 0.15) is 5.82 Å². The summed E-state index contributed by atoms with van der Waals surface area (Å²) in [5.41, 5.74) is 0.563. The van der Waals surface area contributed by atoms with Crippen LogP contribution in [0, 0.1) is 5.82 Å². The minimum atomic E-state index is -0.337. The van der Waals surface area contributed by atoms with Crippen molar-refractivity contribution in [1.82, 2.24) is 14.8 Å². The summed E-state index contributed by atoms with van der Waals surface area (Å²) in [5.74, 6) is 1.79. The Morgan fingerprint density at radius 2 is 1.81 bits per heavy atom. The standard InChI is InChI=1S/C22H23FN4O4S/c1-4-9-27-20(13-31-17-7-5-15(23)6-8-17)25-26-22(27)32-14-21(28)24-16-10-18(29-2)12-19(11-16)30-3/h4-8,10-12H,1,9,13-14H2,2-3H3,(H,24,28). The second-order valence-corrected chi connectivity index (χ2v) is 7.42. The van der Waals surface area contributed by atoms with E-state index in [1.54, 1.807) is 38.5 Å². The molecule has 168 valence electrons. The van der Waals surface area contributed by atoms with Crippen LogP contribution >= 0.6 is 11.8 Å². The van der Waals surface area contributed by atoms with E-state index in [0.29, 0.717) is 40.5 Å². The third kappa shape index (κ3) is 6.24. The highest BCUT2D eigenvalue weighted by atomic mass is 32.2. The van der Waals surface area contributed by atoms with E-state index in [-0.39, 0.29) is 24.1 Å². The normalized spacial score (nSPS) is 10.5. The topological polar surface area (TPSA) is 87.5 Å². The average molecular weight is 459 g/mol. The summed E-state index contributed by atoms with van der Waals surface area (Å²) in [6, 6.07) is 10.8. The van der Waals surface area contributed by atoms with Gasteiger partial charge in [-0.3, -0.25) is 9.36 Å². The highest BCUT2D eigenvalue weighted by molar-refractivity contribution is 7.99. The number of hydrogen-bond donors (Lipinski definition) is 1. The predicted molar refractivity (Wildman–Crippen MR) is 120 cm³/mol. The molecule has 0 unspecified atom stereocenters. The van der Waals surface area contributed by atoms with Crippen molar-refractivity contribution in [2.45, 2.75) is 18.3 Å². The van der Waals surface area contributed by atoms with Crippen LogP contribution in [-0.2, 0) is 17.9 Å². The number of anilines is 1. The van der Waals surface area contributed by atoms with Gasteiger partial charge in [-0.05, 0) is 24.3 Å². The smallest absolute Gasteiger partial charge is 0.234 e. The monoisotopic (exact) mass is 458 g/mol. The van der Waals surface area contributed by atoms with Crippen molar-refractivity contribution >= 4 is 23.4 Å². The van der Waals surface area contributed by atoms with Crippen LogP contribution in [0.4, 0.5) is 10.1 Å². The number of nitrogens with one attached hydrogen (secondary N) is 1. The van der Waals surface area contributed by atoms with Crippen LogP contribution < -0.4 is 19.5 Å². The molecule has 0 atom stereocenters. The molecule has 2 aromatic carbocycles. The zero-order chi connectivity index (χ0) is 22.9. The summed E-state index contributed by atoms with van der Waals surface area (Å²) < 4.78 is 30.9. The Labute approximate surface area is 189 Å². The van der Waals surface area contributed by atoms with Crippen molar-refractivity contribution in [3.8, 4) is 17.2 Å². The molecule has 1 heterocycles. The van der Waals surface area contributed by atoms with Gasteiger partial charge in [0.1, 0.15) is 29.7 Å². The van der Waals surface area contributed by atoms with Crippen molar-refractivity contribution in [3.63, 3.8) is 0 Å². The van der Waals surface area contributed by atoms with Crippen LogP contribution in [0.2, 0.25) is 0 Å². The first-order valence-corrected chi connectivity index (χ1v) is 10.6. The van der Waals surface area contributed by atoms with Gasteiger partial charge in [-0.1, -0.05) is 17.8 Å². The molecule has 0 spiro atoms. The molecule has 0 aliphatic heterocycles. The van der Waals surface area contributed by atoms with E-state index in [1.165, 1.54) is 36.0 Å². The molecular formula is C22H23FN4O4S. The summed E-state index contributed by atoms with van der Waals surface area (Å²) in [7, 11) is 3.08. The Morgan fingerprint density at radius 1 is 1.12 bits per heavy atom. The molecule has 1 aromatic heterocycles. The Hall–Kier alpha value is -3.53. The van der Waals surface area contributed by atoms with Crippen LogP contribution in [0.5, 0.6) is 17.2 Å². The van der Waals surface area contributed by atoms with Crippen molar-refractivity contribution < 1.29 is 23.4 Å². The number of thioether (sulfide) groups is 1. The Balaban J connectivity index is 1.62. The van der Waals surface area contributed by atoms with Gasteiger partial charge in [0.25, 0.3) is 0 Å². The number of carbonyl (C=O) groups is 1. The number of hydrogen-bond acceptors (Lipinski definition) is 7. The molecule has 3 rings (SSSR count). The van der Waals surface area contributed by atoms with E-state index in [1.807, 2.05) is 4.57 Å². The first kappa shape index (κ1) is 23.1. The van der Waals surface area contributed by atoms with Gasteiger partial charge in [0.05, 0.1) is 20.0 Å². The minimum absolute atomic E-state index is 0.119. The lowest BCUT2D eigenvalue weighted by molar-refractivity contribution is -0.113. The summed E-state index contributed by atoms with van der Waals surface area (Å²) in [6.45, 7) is 4.35. The minimum Gasteiger partial charge on any atom is -0.497 e. The number of aromatic nitrogens is 3. The number of halogens is 1. The van der Waals surface area contributed by atoms with E-state index >= 15 is 0 Å². The number of allylic oxidation sites excluding steroid dienone is 1. The SMILES string of the molecule is C=CCn1c(COc2ccc(F)cc2)nnc1SCC(=O)Nc1cc(OC)cc(OC)c1. The molecule has 0 radical (unpaired) electrons. The van der Waals surface area contributed by atoms with Gasteiger partial charge in [0.2, 0.25) is 5.91 Å². The van der Waals surface area contributed by atoms with Gasteiger partial charge >= 0.3 is 0 Å². The van der Waals surface area contributed by atoms with Gasteiger partial charge in [0, 0.05) is 30.4 Å². The highest BCUT2D eigenvalue weighted by Crippen LogP contribution is 2.26. The molecule has 0 aliphatic rings. The zero-order valence-electron chi connectivity index (χ0n) is 17.7. The van der Waals surface area contributed by atoms with Gasteiger partial charge in [-0.25, -0.2) is 4.39 Å². The Morgan fingerprint density at radius 3 is 2.44 bits per heavy atom. The fourth-order valence-electron chi connectivity index (χ4n) is 2.73. The third-order valence-corrected chi connectivity index (χ3v) is 5.22. The summed E-state index contributed by atoms with van der Waals surface area (Å²) in [6.07, 6.45) is 1.71. The molecule has 0 bridgehead atoms. The number of benzene rings is 2. The van der Waals surface area contributed by atoms with Gasteiger partial charge in [0.15, 0.2) is 11.0 Å². The fraction of sp³-hybridized carbons (Fsp3) is 0.227. The van der Waals surface area contributed by atoms with Crippen molar-refractivity contribution in [3.05, 3.63) is 66.8 Å². The van der Waals surface area contributed by atoms with Crippen LogP contribution in [-0.4, -0.2) is 40.6 Å². The van der Waals surface area contributed by atoms with Gasteiger partial charge in [-0.15, -0.1) is 16.8 Å². The van der Waals surface area contributed by atoms with Gasteiger partial charge in [-0.2, -0.15) is 0 Å². The van der Waals surface area contributed by atoms with E-state index < -0.39 is 0 Å². The van der Waals surface area contributed by atoms with Crippen LogP contribution in [0.25, 0.3) is 0 Å². The number of rotatable bonds is 11. The molecule has 0 fully saturated rings. The van der Waals surface area contributed by atoms with Crippen molar-refractivity contribution in [1.29, 1.82) is 0 Å². The second kappa shape index (κ2) is 11.2. The molecule has 1 N–H and O–H groups in total. The number of carbonyl (C=O) groups excluding carboxylic acids is 1. The lowest BCUT2D eigenvalue weighted by Gasteiger charge is -2.10. The summed E-state index contributed by atoms with van der Waals surface area (Å²) in [5, 5.41) is 11.7. The van der Waals surface area contributed by atoms with Crippen molar-refractivity contribution in [2.75, 3.05) is 25.3 Å². The van der Waals surface area contributed by atoms with E-state index in [2.05, 4.69) is 22.1 Å².